The Hall–Kier alpha value is -0.0400. The van der Waals surface area contributed by atoms with Crippen LogP contribution in [0.3, 0.4) is 0 Å². The van der Waals surface area contributed by atoms with Gasteiger partial charge in [0.15, 0.2) is 0 Å². The van der Waals surface area contributed by atoms with E-state index in [1.54, 1.807) is 0 Å². The Morgan fingerprint density at radius 1 is 0.483 bits per heavy atom. The second-order valence-electron chi connectivity index (χ2n) is 7.28. The molecule has 0 aliphatic heterocycles. The summed E-state index contributed by atoms with van der Waals surface area (Å²) in [5.74, 6) is 2.57. The summed E-state index contributed by atoms with van der Waals surface area (Å²) < 4.78 is 0. The lowest BCUT2D eigenvalue weighted by Crippen LogP contribution is -2.43. The minimum atomic E-state index is 0.600. The second-order valence-corrected chi connectivity index (χ2v) is 7.28. The molecule has 0 spiro atoms. The largest absolute Gasteiger partial charge is 0.312 e. The van der Waals surface area contributed by atoms with E-state index in [9.17, 15) is 0 Å². The molecular formula is C28H69N. The highest BCUT2D eigenvalue weighted by Gasteiger charge is 2.29. The molecule has 4 unspecified atom stereocenters. The molecule has 0 fully saturated rings. The number of nitrogens with one attached hydrogen (secondary N) is 1. The zero-order chi connectivity index (χ0) is 24.8. The highest BCUT2D eigenvalue weighted by atomic mass is 14.9. The van der Waals surface area contributed by atoms with Crippen LogP contribution in [0.25, 0.3) is 0 Å². The Balaban J connectivity index is -0.0000000919. The van der Waals surface area contributed by atoms with E-state index < -0.39 is 0 Å². The zero-order valence-corrected chi connectivity index (χ0v) is 24.6. The van der Waals surface area contributed by atoms with Gasteiger partial charge in [0.05, 0.1) is 0 Å². The lowest BCUT2D eigenvalue weighted by molar-refractivity contribution is 0.163. The fourth-order valence-electron chi connectivity index (χ4n) is 3.29. The first-order valence-electron chi connectivity index (χ1n) is 13.6. The highest BCUT2D eigenvalue weighted by molar-refractivity contribution is 4.83. The molecule has 1 N–H and O–H groups in total. The summed E-state index contributed by atoms with van der Waals surface area (Å²) >= 11 is 0. The van der Waals surface area contributed by atoms with E-state index >= 15 is 0 Å². The first-order chi connectivity index (χ1) is 13.8. The van der Waals surface area contributed by atoms with E-state index in [1.165, 1.54) is 38.5 Å². The average molecular weight is 420 g/mol. The van der Waals surface area contributed by atoms with Crippen LogP contribution in [-0.4, -0.2) is 12.1 Å². The van der Waals surface area contributed by atoms with E-state index in [1.807, 2.05) is 41.5 Å². The molecule has 0 aliphatic carbocycles. The van der Waals surface area contributed by atoms with Crippen molar-refractivity contribution in [1.82, 2.24) is 5.32 Å². The van der Waals surface area contributed by atoms with Crippen LogP contribution < -0.4 is 5.32 Å². The predicted molar refractivity (Wildman–Crippen MR) is 145 cm³/mol. The first kappa shape index (κ1) is 42.9. The summed E-state index contributed by atoms with van der Waals surface area (Å²) in [5.41, 5.74) is 0. The number of rotatable bonds is 9. The monoisotopic (exact) mass is 420 g/mol. The van der Waals surface area contributed by atoms with Crippen LogP contribution in [0, 0.1) is 17.8 Å². The van der Waals surface area contributed by atoms with Gasteiger partial charge in [0.1, 0.15) is 0 Å². The van der Waals surface area contributed by atoms with Gasteiger partial charge < -0.3 is 5.32 Å². The molecule has 0 saturated heterocycles. The maximum absolute atomic E-state index is 3.77. The van der Waals surface area contributed by atoms with E-state index in [2.05, 4.69) is 81.5 Å². The van der Waals surface area contributed by atoms with Crippen molar-refractivity contribution in [2.75, 3.05) is 0 Å². The molecule has 0 aromatic rings. The van der Waals surface area contributed by atoms with Crippen molar-refractivity contribution >= 4 is 0 Å². The van der Waals surface area contributed by atoms with Crippen molar-refractivity contribution in [2.45, 2.75) is 168 Å². The molecule has 0 aliphatic rings. The molecule has 0 saturated carbocycles. The number of hydrogen-bond donors (Lipinski definition) is 1. The van der Waals surface area contributed by atoms with Crippen molar-refractivity contribution in [3.05, 3.63) is 0 Å². The quantitative estimate of drug-likeness (QED) is 0.391. The van der Waals surface area contributed by atoms with E-state index in [4.69, 9.17) is 0 Å². The van der Waals surface area contributed by atoms with Crippen LogP contribution in [0.5, 0.6) is 0 Å². The maximum atomic E-state index is 3.77. The molecule has 4 atom stereocenters. The van der Waals surface area contributed by atoms with Gasteiger partial charge in [-0.25, -0.2) is 0 Å². The predicted octanol–water partition coefficient (Wildman–Crippen LogP) is 10.8. The molecule has 0 rings (SSSR count). The summed E-state index contributed by atoms with van der Waals surface area (Å²) in [6, 6.07) is 1.29. The van der Waals surface area contributed by atoms with Gasteiger partial charge >= 0.3 is 0 Å². The van der Waals surface area contributed by atoms with Crippen LogP contribution in [0.15, 0.2) is 0 Å². The summed E-state index contributed by atoms with van der Waals surface area (Å²) in [6.07, 6.45) is 7.70. The zero-order valence-electron chi connectivity index (χ0n) is 24.6. The van der Waals surface area contributed by atoms with Crippen molar-refractivity contribution in [3.8, 4) is 0 Å². The second kappa shape index (κ2) is 42.1. The molecule has 0 heterocycles. The van der Waals surface area contributed by atoms with Gasteiger partial charge in [0, 0.05) is 12.1 Å². The molecular weight excluding hydrogens is 350 g/mol. The molecule has 0 aromatic heterocycles. The Kier molecular flexibility index (Phi) is 62.4. The third kappa shape index (κ3) is 32.8. The van der Waals surface area contributed by atoms with E-state index in [0.29, 0.717) is 12.1 Å². The lowest BCUT2D eigenvalue weighted by Gasteiger charge is -2.37. The topological polar surface area (TPSA) is 12.0 Å². The van der Waals surface area contributed by atoms with Crippen LogP contribution in [0.1, 0.15) is 156 Å². The van der Waals surface area contributed by atoms with Gasteiger partial charge in [-0.15, -0.1) is 0 Å². The van der Waals surface area contributed by atoms with Gasteiger partial charge in [-0.3, -0.25) is 0 Å². The standard InChI is InChI=1S/C16H35N.2C3H8.3C2H6/c1-8-13(7)14(9-2)15(10-3)16(11-4)17-12(5)6;2*1-3-2;3*1-2/h12-17H,8-11H2,1-7H3;2*3H2,1-2H3;3*1-2H3. The molecule has 1 nitrogen and oxygen atoms in total. The molecule has 29 heavy (non-hydrogen) atoms. The summed E-state index contributed by atoms with van der Waals surface area (Å²) in [6.45, 7) is 36.8. The van der Waals surface area contributed by atoms with E-state index in [0.717, 1.165) is 17.8 Å². The van der Waals surface area contributed by atoms with Crippen molar-refractivity contribution in [1.29, 1.82) is 0 Å². The molecule has 1 heteroatoms. The van der Waals surface area contributed by atoms with Crippen LogP contribution in [-0.2, 0) is 0 Å². The Morgan fingerprint density at radius 3 is 0.966 bits per heavy atom. The van der Waals surface area contributed by atoms with Crippen LogP contribution in [0.4, 0.5) is 0 Å². The third-order valence-corrected chi connectivity index (χ3v) is 4.37. The number of hydrogen-bond acceptors (Lipinski definition) is 1. The fourth-order valence-corrected chi connectivity index (χ4v) is 3.29. The van der Waals surface area contributed by atoms with Gasteiger partial charge in [0.2, 0.25) is 0 Å². The highest BCUT2D eigenvalue weighted by Crippen LogP contribution is 2.32. The molecule has 0 bridgehead atoms. The van der Waals surface area contributed by atoms with Gasteiger partial charge in [-0.05, 0) is 24.2 Å². The smallest absolute Gasteiger partial charge is 0.00977 e. The SMILES string of the molecule is CC.CC.CC.CCC.CCC.CCC(C)C(CC)C(CC)C(CC)NC(C)C. The molecule has 0 aromatic carbocycles. The van der Waals surface area contributed by atoms with Crippen molar-refractivity contribution in [3.63, 3.8) is 0 Å². The lowest BCUT2D eigenvalue weighted by atomic mass is 9.74. The van der Waals surface area contributed by atoms with Crippen LogP contribution >= 0.6 is 0 Å². The van der Waals surface area contributed by atoms with E-state index in [-0.39, 0.29) is 0 Å². The van der Waals surface area contributed by atoms with Gasteiger partial charge in [0.25, 0.3) is 0 Å². The summed E-state index contributed by atoms with van der Waals surface area (Å²) in [7, 11) is 0. The summed E-state index contributed by atoms with van der Waals surface area (Å²) in [5, 5.41) is 3.77. The minimum absolute atomic E-state index is 0.600. The van der Waals surface area contributed by atoms with Crippen LogP contribution in [0.2, 0.25) is 0 Å². The Bertz CT molecular complexity index is 198. The first-order valence-corrected chi connectivity index (χ1v) is 13.6. The Labute approximate surface area is 191 Å². The minimum Gasteiger partial charge on any atom is -0.312 e. The summed E-state index contributed by atoms with van der Waals surface area (Å²) in [4.78, 5) is 0. The van der Waals surface area contributed by atoms with Gasteiger partial charge in [-0.2, -0.15) is 0 Å². The average Bonchev–Trinajstić information content (AvgIpc) is 2.75. The third-order valence-electron chi connectivity index (χ3n) is 4.37. The molecule has 0 radical (unpaired) electrons. The van der Waals surface area contributed by atoms with Crippen molar-refractivity contribution in [2.24, 2.45) is 17.8 Å². The molecule has 186 valence electrons. The fraction of sp³-hybridized carbons (Fsp3) is 1.00. The normalized spacial score (nSPS) is 13.0. The molecule has 0 amide bonds. The van der Waals surface area contributed by atoms with Crippen molar-refractivity contribution < 1.29 is 0 Å². The maximum Gasteiger partial charge on any atom is 0.00977 e. The van der Waals surface area contributed by atoms with Gasteiger partial charge in [-0.1, -0.05) is 150 Å². The Morgan fingerprint density at radius 2 is 0.793 bits per heavy atom.